The Labute approximate surface area is 197 Å². The van der Waals surface area contributed by atoms with Gasteiger partial charge in [0.05, 0.1) is 6.61 Å². The van der Waals surface area contributed by atoms with Gasteiger partial charge in [0.2, 0.25) is 0 Å². The van der Waals surface area contributed by atoms with Crippen LogP contribution in [0.4, 0.5) is 17.6 Å². The van der Waals surface area contributed by atoms with Crippen LogP contribution in [0, 0.1) is 0 Å². The Kier molecular flexibility index (Phi) is 20.3. The van der Waals surface area contributed by atoms with Gasteiger partial charge in [-0.3, -0.25) is 9.59 Å². The summed E-state index contributed by atoms with van der Waals surface area (Å²) in [4.78, 5) is 22.8. The van der Waals surface area contributed by atoms with Crippen LogP contribution >= 0.6 is 0 Å². The average Bonchev–Trinajstić information content (AvgIpc) is 2.77. The molecule has 8 heteroatoms. The third-order valence-corrected chi connectivity index (χ3v) is 5.52. The van der Waals surface area contributed by atoms with Gasteiger partial charge < -0.3 is 9.47 Å². The quantitative estimate of drug-likeness (QED) is 0.0837. The lowest BCUT2D eigenvalue weighted by Gasteiger charge is -2.14. The van der Waals surface area contributed by atoms with Gasteiger partial charge in [-0.2, -0.15) is 8.78 Å². The molecule has 0 aliphatic heterocycles. The highest BCUT2D eigenvalue weighted by Gasteiger charge is 2.42. The molecule has 0 aromatic rings. The van der Waals surface area contributed by atoms with Crippen molar-refractivity contribution in [3.8, 4) is 0 Å². The minimum atomic E-state index is -4.36. The molecule has 0 saturated heterocycles. The van der Waals surface area contributed by atoms with Crippen molar-refractivity contribution in [3.63, 3.8) is 0 Å². The van der Waals surface area contributed by atoms with Crippen molar-refractivity contribution >= 4 is 11.9 Å². The highest BCUT2D eigenvalue weighted by molar-refractivity contribution is 5.72. The van der Waals surface area contributed by atoms with Gasteiger partial charge in [-0.1, -0.05) is 96.8 Å². The van der Waals surface area contributed by atoms with Crippen LogP contribution in [0.3, 0.4) is 0 Å². The summed E-state index contributed by atoms with van der Waals surface area (Å²) in [5.41, 5.74) is 0. The summed E-state index contributed by atoms with van der Waals surface area (Å²) in [5.74, 6) is -5.86. The average molecular weight is 485 g/mol. The molecule has 33 heavy (non-hydrogen) atoms. The number of esters is 2. The largest absolute Gasteiger partial charge is 0.466 e. The SMILES string of the molecule is CCCCCCCCCCCCCCCCCOC(=O)CCCC(=O)OCC(F)(F)C(F)F. The predicted molar refractivity (Wildman–Crippen MR) is 122 cm³/mol. The molecule has 0 aromatic carbocycles. The van der Waals surface area contributed by atoms with Crippen molar-refractivity contribution in [3.05, 3.63) is 0 Å². The van der Waals surface area contributed by atoms with Crippen LogP contribution in [0.2, 0.25) is 0 Å². The first-order chi connectivity index (χ1) is 15.8. The Morgan fingerprint density at radius 2 is 1.03 bits per heavy atom. The minimum Gasteiger partial charge on any atom is -0.466 e. The summed E-state index contributed by atoms with van der Waals surface area (Å²) in [5, 5.41) is 0. The zero-order chi connectivity index (χ0) is 24.8. The molecular weight excluding hydrogens is 440 g/mol. The first kappa shape index (κ1) is 31.7. The molecule has 196 valence electrons. The second kappa shape index (κ2) is 21.2. The van der Waals surface area contributed by atoms with Crippen LogP contribution in [0.25, 0.3) is 0 Å². The van der Waals surface area contributed by atoms with E-state index >= 15 is 0 Å². The first-order valence-corrected chi connectivity index (χ1v) is 12.8. The van der Waals surface area contributed by atoms with Gasteiger partial charge in [0.25, 0.3) is 0 Å². The third-order valence-electron chi connectivity index (χ3n) is 5.52. The molecule has 0 radical (unpaired) electrons. The molecule has 0 saturated carbocycles. The van der Waals surface area contributed by atoms with E-state index in [9.17, 15) is 27.2 Å². The number of unbranched alkanes of at least 4 members (excludes halogenated alkanes) is 14. The van der Waals surface area contributed by atoms with Crippen molar-refractivity contribution in [2.45, 2.75) is 135 Å². The van der Waals surface area contributed by atoms with E-state index in [2.05, 4.69) is 11.7 Å². The first-order valence-electron chi connectivity index (χ1n) is 12.8. The summed E-state index contributed by atoms with van der Waals surface area (Å²) < 4.78 is 58.4. The van der Waals surface area contributed by atoms with Crippen molar-refractivity contribution in [1.82, 2.24) is 0 Å². The van der Waals surface area contributed by atoms with Gasteiger partial charge in [-0.25, -0.2) is 8.78 Å². The summed E-state index contributed by atoms with van der Waals surface area (Å²) >= 11 is 0. The Morgan fingerprint density at radius 1 is 0.636 bits per heavy atom. The molecule has 0 aliphatic rings. The number of carbonyl (C=O) groups excluding carboxylic acids is 2. The number of rotatable bonds is 23. The van der Waals surface area contributed by atoms with Crippen LogP contribution < -0.4 is 0 Å². The lowest BCUT2D eigenvalue weighted by Crippen LogP contribution is -2.33. The summed E-state index contributed by atoms with van der Waals surface area (Å²) in [6.45, 7) is 0.904. The van der Waals surface area contributed by atoms with E-state index < -0.39 is 30.9 Å². The molecule has 0 amide bonds. The van der Waals surface area contributed by atoms with E-state index in [0.717, 1.165) is 19.3 Å². The number of alkyl halides is 4. The van der Waals surface area contributed by atoms with Crippen LogP contribution in [-0.4, -0.2) is 37.5 Å². The van der Waals surface area contributed by atoms with Crippen LogP contribution in [0.15, 0.2) is 0 Å². The van der Waals surface area contributed by atoms with E-state index in [1.54, 1.807) is 0 Å². The predicted octanol–water partition coefficient (Wildman–Crippen LogP) is 8.01. The van der Waals surface area contributed by atoms with Crippen LogP contribution in [0.1, 0.15) is 122 Å². The second-order valence-corrected chi connectivity index (χ2v) is 8.75. The summed E-state index contributed by atoms with van der Waals surface area (Å²) in [7, 11) is 0. The molecule has 0 aromatic heterocycles. The molecule has 0 bridgehead atoms. The molecule has 0 fully saturated rings. The van der Waals surface area contributed by atoms with Crippen LogP contribution in [0.5, 0.6) is 0 Å². The fourth-order valence-electron chi connectivity index (χ4n) is 3.42. The Hall–Kier alpha value is -1.34. The van der Waals surface area contributed by atoms with Crippen LogP contribution in [-0.2, 0) is 19.1 Å². The van der Waals surface area contributed by atoms with Gasteiger partial charge in [-0.15, -0.1) is 0 Å². The van der Waals surface area contributed by atoms with E-state index in [0.29, 0.717) is 6.61 Å². The van der Waals surface area contributed by atoms with Gasteiger partial charge in [-0.05, 0) is 12.8 Å². The van der Waals surface area contributed by atoms with Gasteiger partial charge in [0.15, 0.2) is 6.61 Å². The Balaban J connectivity index is 3.37. The maximum Gasteiger partial charge on any atom is 0.340 e. The molecule has 0 unspecified atom stereocenters. The maximum atomic E-state index is 12.6. The molecular formula is C25H44F4O4. The lowest BCUT2D eigenvalue weighted by molar-refractivity contribution is -0.179. The van der Waals surface area contributed by atoms with Gasteiger partial charge in [0.1, 0.15) is 0 Å². The highest BCUT2D eigenvalue weighted by Crippen LogP contribution is 2.23. The smallest absolute Gasteiger partial charge is 0.340 e. The van der Waals surface area contributed by atoms with Crippen molar-refractivity contribution < 1.29 is 36.6 Å². The Bertz CT molecular complexity index is 487. The highest BCUT2D eigenvalue weighted by atomic mass is 19.3. The third kappa shape index (κ3) is 21.0. The Morgan fingerprint density at radius 3 is 1.45 bits per heavy atom. The molecule has 0 N–H and O–H groups in total. The number of ether oxygens (including phenoxy) is 2. The molecule has 0 aliphatic carbocycles. The van der Waals surface area contributed by atoms with E-state index in [1.807, 2.05) is 0 Å². The summed E-state index contributed by atoms with van der Waals surface area (Å²) in [6, 6.07) is 0. The number of halogens is 4. The molecule has 0 heterocycles. The monoisotopic (exact) mass is 484 g/mol. The standard InChI is InChI=1S/C25H44F4O4/c1-2-3-4-5-6-7-8-9-10-11-12-13-14-15-16-20-32-22(30)18-17-19-23(31)33-21-25(28,29)24(26)27/h24H,2-21H2,1H3. The lowest BCUT2D eigenvalue weighted by atomic mass is 10.0. The van der Waals surface area contributed by atoms with Crippen molar-refractivity contribution in [2.24, 2.45) is 0 Å². The normalized spacial score (nSPS) is 11.7. The zero-order valence-corrected chi connectivity index (χ0v) is 20.4. The van der Waals surface area contributed by atoms with E-state index in [1.165, 1.54) is 77.0 Å². The van der Waals surface area contributed by atoms with Crippen molar-refractivity contribution in [1.29, 1.82) is 0 Å². The molecule has 0 rings (SSSR count). The zero-order valence-electron chi connectivity index (χ0n) is 20.4. The van der Waals surface area contributed by atoms with E-state index in [-0.39, 0.29) is 19.3 Å². The molecule has 4 nitrogen and oxygen atoms in total. The minimum absolute atomic E-state index is 0.0426. The number of carbonyl (C=O) groups is 2. The number of hydrogen-bond acceptors (Lipinski definition) is 4. The summed E-state index contributed by atoms with van der Waals surface area (Å²) in [6.07, 6.45) is 14.6. The van der Waals surface area contributed by atoms with Gasteiger partial charge in [0, 0.05) is 12.8 Å². The topological polar surface area (TPSA) is 52.6 Å². The van der Waals surface area contributed by atoms with Gasteiger partial charge >= 0.3 is 24.3 Å². The maximum absolute atomic E-state index is 12.6. The molecule has 0 spiro atoms. The fourth-order valence-corrected chi connectivity index (χ4v) is 3.42. The van der Waals surface area contributed by atoms with E-state index in [4.69, 9.17) is 4.74 Å². The number of hydrogen-bond donors (Lipinski definition) is 0. The fraction of sp³-hybridized carbons (Fsp3) is 0.920. The van der Waals surface area contributed by atoms with Crippen molar-refractivity contribution in [2.75, 3.05) is 13.2 Å². The second-order valence-electron chi connectivity index (χ2n) is 8.75. The molecule has 0 atom stereocenters.